The fourth-order valence-electron chi connectivity index (χ4n) is 6.58. The van der Waals surface area contributed by atoms with Gasteiger partial charge in [-0.1, -0.05) is 0 Å². The molecule has 2 saturated heterocycles. The lowest BCUT2D eigenvalue weighted by atomic mass is 9.65. The predicted octanol–water partition coefficient (Wildman–Crippen LogP) is 0.242. The SMILES string of the molecule is COc1cc(C2c3cc4c(c(OC)c3C(OC3OC(CO)C(O)C(O)C3O)C3COC(=O)C23)OCO4)cc(OC)c1OC. The molecule has 4 N–H and O–H groups in total. The number of hydrogen-bond acceptors (Lipinski definition) is 14. The first kappa shape index (κ1) is 29.5. The van der Waals surface area contributed by atoms with Crippen molar-refractivity contribution in [2.45, 2.75) is 42.7 Å². The molecule has 4 aliphatic rings. The Labute approximate surface area is 246 Å². The van der Waals surface area contributed by atoms with E-state index < -0.39 is 67.1 Å². The maximum Gasteiger partial charge on any atom is 0.310 e. The number of carbonyl (C=O) groups is 1. The highest BCUT2D eigenvalue weighted by molar-refractivity contribution is 5.79. The van der Waals surface area contributed by atoms with Gasteiger partial charge in [0.15, 0.2) is 29.3 Å². The highest BCUT2D eigenvalue weighted by Gasteiger charge is 2.56. The molecule has 1 aliphatic carbocycles. The lowest BCUT2D eigenvalue weighted by Gasteiger charge is -2.44. The first-order valence-electron chi connectivity index (χ1n) is 13.7. The van der Waals surface area contributed by atoms with Gasteiger partial charge in [0.25, 0.3) is 0 Å². The normalized spacial score (nSPS) is 32.5. The van der Waals surface area contributed by atoms with Crippen LogP contribution in [0, 0.1) is 11.8 Å². The van der Waals surface area contributed by atoms with E-state index >= 15 is 0 Å². The van der Waals surface area contributed by atoms with E-state index in [0.29, 0.717) is 45.4 Å². The largest absolute Gasteiger partial charge is 0.493 e. The van der Waals surface area contributed by atoms with E-state index in [1.54, 1.807) is 18.2 Å². The van der Waals surface area contributed by atoms with Gasteiger partial charge in [0.2, 0.25) is 18.3 Å². The van der Waals surface area contributed by atoms with Crippen molar-refractivity contribution < 1.29 is 67.9 Å². The number of rotatable bonds is 8. The van der Waals surface area contributed by atoms with Crippen LogP contribution in [0.4, 0.5) is 0 Å². The van der Waals surface area contributed by atoms with Crippen LogP contribution in [0.25, 0.3) is 0 Å². The summed E-state index contributed by atoms with van der Waals surface area (Å²) in [6.45, 7) is -0.731. The molecule has 9 unspecified atom stereocenters. The Morgan fingerprint density at radius 1 is 0.860 bits per heavy atom. The second kappa shape index (κ2) is 11.5. The molecular formula is C29H34O14. The number of benzene rings is 2. The molecule has 14 heteroatoms. The highest BCUT2D eigenvalue weighted by atomic mass is 16.7. The van der Waals surface area contributed by atoms with Crippen LogP contribution in [0.15, 0.2) is 18.2 Å². The van der Waals surface area contributed by atoms with Crippen molar-refractivity contribution in [3.63, 3.8) is 0 Å². The maximum atomic E-state index is 13.5. The fourth-order valence-corrected chi connectivity index (χ4v) is 6.58. The van der Waals surface area contributed by atoms with Crippen LogP contribution in [0.5, 0.6) is 34.5 Å². The summed E-state index contributed by atoms with van der Waals surface area (Å²) in [6, 6.07) is 5.27. The van der Waals surface area contributed by atoms with Crippen molar-refractivity contribution in [3.05, 3.63) is 34.9 Å². The molecular weight excluding hydrogens is 572 g/mol. The minimum absolute atomic E-state index is 0.0381. The number of fused-ring (bicyclic) bond motifs is 3. The van der Waals surface area contributed by atoms with Crippen LogP contribution in [0.2, 0.25) is 0 Å². The van der Waals surface area contributed by atoms with Gasteiger partial charge >= 0.3 is 5.97 Å². The smallest absolute Gasteiger partial charge is 0.310 e. The summed E-state index contributed by atoms with van der Waals surface area (Å²) >= 11 is 0. The summed E-state index contributed by atoms with van der Waals surface area (Å²) in [4.78, 5) is 13.5. The molecule has 234 valence electrons. The van der Waals surface area contributed by atoms with E-state index in [0.717, 1.165) is 0 Å². The summed E-state index contributed by atoms with van der Waals surface area (Å²) in [7, 11) is 5.94. The summed E-state index contributed by atoms with van der Waals surface area (Å²) in [6.07, 6.45) is -8.59. The van der Waals surface area contributed by atoms with E-state index in [2.05, 4.69) is 0 Å². The molecule has 9 atom stereocenters. The molecule has 0 spiro atoms. The van der Waals surface area contributed by atoms with E-state index in [9.17, 15) is 25.2 Å². The van der Waals surface area contributed by atoms with Crippen LogP contribution in [-0.4, -0.2) is 106 Å². The monoisotopic (exact) mass is 606 g/mol. The van der Waals surface area contributed by atoms with Crippen molar-refractivity contribution in [1.82, 2.24) is 0 Å². The average Bonchev–Trinajstić information content (AvgIpc) is 3.65. The lowest BCUT2D eigenvalue weighted by Crippen LogP contribution is -2.59. The summed E-state index contributed by atoms with van der Waals surface area (Å²) in [5, 5.41) is 41.3. The molecule has 0 amide bonds. The van der Waals surface area contributed by atoms with E-state index in [4.69, 9.17) is 42.6 Å². The maximum absolute atomic E-state index is 13.5. The van der Waals surface area contributed by atoms with E-state index in [1.165, 1.54) is 28.4 Å². The molecule has 0 bridgehead atoms. The van der Waals surface area contributed by atoms with E-state index in [1.807, 2.05) is 0 Å². The second-order valence-corrected chi connectivity index (χ2v) is 10.7. The molecule has 3 heterocycles. The number of cyclic esters (lactones) is 1. The topological polar surface area (TPSA) is 181 Å². The zero-order valence-electron chi connectivity index (χ0n) is 23.9. The Morgan fingerprint density at radius 3 is 2.19 bits per heavy atom. The van der Waals surface area contributed by atoms with Crippen molar-refractivity contribution >= 4 is 5.97 Å². The molecule has 6 rings (SSSR count). The molecule has 2 aromatic carbocycles. The van der Waals surface area contributed by atoms with Crippen LogP contribution in [0.3, 0.4) is 0 Å². The quantitative estimate of drug-likeness (QED) is 0.300. The molecule has 0 radical (unpaired) electrons. The Balaban J connectivity index is 1.54. The Bertz CT molecular complexity index is 1350. The van der Waals surface area contributed by atoms with Crippen molar-refractivity contribution in [2.75, 3.05) is 48.4 Å². The Hall–Kier alpha value is -3.53. The number of hydrogen-bond donors (Lipinski definition) is 4. The van der Waals surface area contributed by atoms with Crippen molar-refractivity contribution in [3.8, 4) is 34.5 Å². The molecule has 3 aliphatic heterocycles. The number of methoxy groups -OCH3 is 4. The van der Waals surface area contributed by atoms with Crippen LogP contribution in [0.1, 0.15) is 28.7 Å². The lowest BCUT2D eigenvalue weighted by molar-refractivity contribution is -0.317. The zero-order chi connectivity index (χ0) is 30.6. The average molecular weight is 607 g/mol. The van der Waals surface area contributed by atoms with Gasteiger partial charge < -0.3 is 63.1 Å². The van der Waals surface area contributed by atoms with Gasteiger partial charge in [-0.15, -0.1) is 0 Å². The number of ether oxygens (including phenoxy) is 9. The van der Waals surface area contributed by atoms with Crippen molar-refractivity contribution in [1.29, 1.82) is 0 Å². The zero-order valence-corrected chi connectivity index (χ0v) is 23.9. The standard InChI is InChI=1S/C29H34O14/c1-35-14-5-11(6-15(36-2)25(14)37-3)18-12-7-16-26(41-10-40-16)27(38-4)20(12)24(13-9-39-28(34)19(13)18)43-29-23(33)22(32)21(31)17(8-30)42-29/h5-7,13,17-19,21-24,29-33H,8-10H2,1-4H3. The summed E-state index contributed by atoms with van der Waals surface area (Å²) < 4.78 is 51.7. The van der Waals surface area contributed by atoms with Crippen molar-refractivity contribution in [2.24, 2.45) is 11.8 Å². The number of aliphatic hydroxyl groups excluding tert-OH is 4. The van der Waals surface area contributed by atoms with Crippen LogP contribution >= 0.6 is 0 Å². The number of carbonyl (C=O) groups excluding carboxylic acids is 1. The second-order valence-electron chi connectivity index (χ2n) is 10.7. The van der Waals surface area contributed by atoms with Gasteiger partial charge in [-0.2, -0.15) is 0 Å². The number of aliphatic hydroxyl groups is 4. The third kappa shape index (κ3) is 4.60. The fraction of sp³-hybridized carbons (Fsp3) is 0.552. The molecule has 2 fully saturated rings. The predicted molar refractivity (Wildman–Crippen MR) is 143 cm³/mol. The van der Waals surface area contributed by atoms with Crippen LogP contribution in [-0.2, 0) is 19.0 Å². The Kier molecular flexibility index (Phi) is 7.91. The summed E-state index contributed by atoms with van der Waals surface area (Å²) in [5.41, 5.74) is 1.73. The minimum atomic E-state index is -1.68. The van der Waals surface area contributed by atoms with Gasteiger partial charge in [0.1, 0.15) is 24.4 Å². The molecule has 14 nitrogen and oxygen atoms in total. The first-order chi connectivity index (χ1) is 20.8. The Morgan fingerprint density at radius 2 is 1.56 bits per heavy atom. The third-order valence-electron chi connectivity index (χ3n) is 8.59. The molecule has 43 heavy (non-hydrogen) atoms. The molecule has 0 aromatic heterocycles. The van der Waals surface area contributed by atoms with Crippen LogP contribution < -0.4 is 28.4 Å². The molecule has 2 aromatic rings. The third-order valence-corrected chi connectivity index (χ3v) is 8.59. The summed E-state index contributed by atoms with van der Waals surface area (Å²) in [5.74, 6) is -0.392. The van der Waals surface area contributed by atoms with E-state index in [-0.39, 0.29) is 19.1 Å². The molecule has 0 saturated carbocycles. The van der Waals surface area contributed by atoms with Gasteiger partial charge in [0.05, 0.1) is 53.7 Å². The van der Waals surface area contributed by atoms with Gasteiger partial charge in [0, 0.05) is 17.4 Å². The number of esters is 1. The van der Waals surface area contributed by atoms with Gasteiger partial charge in [-0.3, -0.25) is 4.79 Å². The van der Waals surface area contributed by atoms with Gasteiger partial charge in [-0.05, 0) is 29.3 Å². The first-order valence-corrected chi connectivity index (χ1v) is 13.7. The minimum Gasteiger partial charge on any atom is -0.493 e. The van der Waals surface area contributed by atoms with Gasteiger partial charge in [-0.25, -0.2) is 0 Å². The highest BCUT2D eigenvalue weighted by Crippen LogP contribution is 2.60.